The van der Waals surface area contributed by atoms with Crippen molar-refractivity contribution in [2.75, 3.05) is 11.1 Å². The minimum Gasteiger partial charge on any atom is -0.379 e. The van der Waals surface area contributed by atoms with Gasteiger partial charge in [-0.2, -0.15) is 0 Å². The van der Waals surface area contributed by atoms with Crippen LogP contribution in [0.3, 0.4) is 0 Å². The third-order valence-electron chi connectivity index (χ3n) is 4.68. The van der Waals surface area contributed by atoms with Crippen LogP contribution in [-0.2, 0) is 5.54 Å². The lowest BCUT2D eigenvalue weighted by atomic mass is 10.0. The van der Waals surface area contributed by atoms with E-state index in [0.29, 0.717) is 21.8 Å². The Morgan fingerprint density at radius 2 is 2.24 bits per heavy atom. The molecule has 2 heterocycles. The van der Waals surface area contributed by atoms with Crippen molar-refractivity contribution in [2.24, 2.45) is 16.6 Å². The summed E-state index contributed by atoms with van der Waals surface area (Å²) < 4.78 is 0. The zero-order chi connectivity index (χ0) is 17.4. The number of anilines is 1. The van der Waals surface area contributed by atoms with Crippen LogP contribution in [0.5, 0.6) is 0 Å². The molecular weight excluding hydrogens is 356 g/mol. The Morgan fingerprint density at radius 1 is 1.36 bits per heavy atom. The van der Waals surface area contributed by atoms with E-state index in [9.17, 15) is 4.79 Å². The number of carbonyl (C=O) groups excluding carboxylic acids is 1. The molecule has 0 bridgehead atoms. The predicted octanol–water partition coefficient (Wildman–Crippen LogP) is 3.65. The summed E-state index contributed by atoms with van der Waals surface area (Å²) in [4.78, 5) is 21.1. The highest BCUT2D eigenvalue weighted by molar-refractivity contribution is 8.13. The van der Waals surface area contributed by atoms with Crippen molar-refractivity contribution in [1.29, 1.82) is 0 Å². The number of amidine groups is 1. The van der Waals surface area contributed by atoms with Gasteiger partial charge in [-0.05, 0) is 48.6 Å². The topological polar surface area (TPSA) is 80.4 Å². The molecule has 1 fully saturated rings. The summed E-state index contributed by atoms with van der Waals surface area (Å²) in [6.45, 7) is 0. The standard InChI is InChI=1S/C18H17ClN4OS/c19-13-4-5-15(21-10-13)16(24)22-14-3-1-2-11(8-14)18-9-12(18)6-7-25-17(20)23-18/h1-5,8,10,12H,6-7,9H2,(H2,20,23)(H,22,24)/t12-,18-/m1/s1. The fraction of sp³-hybridized carbons (Fsp3) is 0.278. The number of thioether (sulfide) groups is 1. The normalized spacial score (nSPS) is 24.7. The summed E-state index contributed by atoms with van der Waals surface area (Å²) in [5, 5.41) is 4.04. The van der Waals surface area contributed by atoms with Gasteiger partial charge in [0.05, 0.1) is 10.6 Å². The summed E-state index contributed by atoms with van der Waals surface area (Å²) >= 11 is 7.43. The van der Waals surface area contributed by atoms with E-state index >= 15 is 0 Å². The molecule has 2 atom stereocenters. The van der Waals surface area contributed by atoms with Crippen molar-refractivity contribution in [3.8, 4) is 0 Å². The monoisotopic (exact) mass is 372 g/mol. The lowest BCUT2D eigenvalue weighted by molar-refractivity contribution is 0.102. The van der Waals surface area contributed by atoms with E-state index in [1.807, 2.05) is 18.2 Å². The number of amides is 1. The number of nitrogens with zero attached hydrogens (tertiary/aromatic N) is 2. The van der Waals surface area contributed by atoms with Gasteiger partial charge < -0.3 is 11.1 Å². The van der Waals surface area contributed by atoms with E-state index in [1.54, 1.807) is 23.9 Å². The van der Waals surface area contributed by atoms with Gasteiger partial charge in [-0.3, -0.25) is 9.79 Å². The third kappa shape index (κ3) is 3.24. The van der Waals surface area contributed by atoms with Crippen molar-refractivity contribution < 1.29 is 4.79 Å². The van der Waals surface area contributed by atoms with Crippen molar-refractivity contribution in [1.82, 2.24) is 4.98 Å². The van der Waals surface area contributed by atoms with Gasteiger partial charge in [-0.1, -0.05) is 35.5 Å². The first kappa shape index (κ1) is 16.4. The highest BCUT2D eigenvalue weighted by Crippen LogP contribution is 2.59. The number of benzene rings is 1. The van der Waals surface area contributed by atoms with Gasteiger partial charge in [0, 0.05) is 17.6 Å². The quantitative estimate of drug-likeness (QED) is 0.861. The number of fused-ring (bicyclic) bond motifs is 1. The molecule has 128 valence electrons. The second-order valence-electron chi connectivity index (χ2n) is 6.31. The van der Waals surface area contributed by atoms with Gasteiger partial charge in [0.15, 0.2) is 5.17 Å². The molecular formula is C18H17ClN4OS. The Kier molecular flexibility index (Phi) is 4.17. The number of hydrogen-bond acceptors (Lipinski definition) is 5. The van der Waals surface area contributed by atoms with Crippen LogP contribution in [0, 0.1) is 5.92 Å². The van der Waals surface area contributed by atoms with Crippen LogP contribution in [0.15, 0.2) is 47.6 Å². The number of rotatable bonds is 3. The van der Waals surface area contributed by atoms with Crippen molar-refractivity contribution in [3.63, 3.8) is 0 Å². The number of nitrogens with one attached hydrogen (secondary N) is 1. The Balaban J connectivity index is 1.57. The van der Waals surface area contributed by atoms with E-state index in [2.05, 4.69) is 16.4 Å². The number of aliphatic imine (C=N–C) groups is 1. The smallest absolute Gasteiger partial charge is 0.274 e. The van der Waals surface area contributed by atoms with E-state index < -0.39 is 0 Å². The summed E-state index contributed by atoms with van der Waals surface area (Å²) in [5.74, 6) is 1.28. The van der Waals surface area contributed by atoms with E-state index in [0.717, 1.165) is 29.8 Å². The highest BCUT2D eigenvalue weighted by Gasteiger charge is 2.56. The van der Waals surface area contributed by atoms with Crippen LogP contribution in [0.25, 0.3) is 0 Å². The minimum absolute atomic E-state index is 0.215. The van der Waals surface area contributed by atoms with Crippen molar-refractivity contribution >= 4 is 40.1 Å². The van der Waals surface area contributed by atoms with E-state index in [4.69, 9.17) is 22.3 Å². The Bertz CT molecular complexity index is 854. The van der Waals surface area contributed by atoms with Gasteiger partial charge in [0.25, 0.3) is 5.91 Å². The van der Waals surface area contributed by atoms with Crippen LogP contribution in [0.4, 0.5) is 5.69 Å². The molecule has 1 aliphatic carbocycles. The number of halogens is 1. The Labute approximate surface area is 155 Å². The number of aromatic nitrogens is 1. The van der Waals surface area contributed by atoms with Crippen LogP contribution < -0.4 is 11.1 Å². The number of hydrogen-bond donors (Lipinski definition) is 2. The molecule has 7 heteroatoms. The van der Waals surface area contributed by atoms with Gasteiger partial charge >= 0.3 is 0 Å². The van der Waals surface area contributed by atoms with Gasteiger partial charge in [0.2, 0.25) is 0 Å². The zero-order valence-electron chi connectivity index (χ0n) is 13.4. The first-order chi connectivity index (χ1) is 12.1. The summed E-state index contributed by atoms with van der Waals surface area (Å²) in [7, 11) is 0. The summed E-state index contributed by atoms with van der Waals surface area (Å²) in [5.41, 5.74) is 7.94. The molecule has 0 spiro atoms. The fourth-order valence-corrected chi connectivity index (χ4v) is 4.27. The molecule has 1 saturated carbocycles. The van der Waals surface area contributed by atoms with Crippen LogP contribution in [-0.4, -0.2) is 21.8 Å². The average Bonchev–Trinajstić information content (AvgIpc) is 3.30. The predicted molar refractivity (Wildman–Crippen MR) is 102 cm³/mol. The molecule has 2 aromatic rings. The molecule has 1 aromatic heterocycles. The molecule has 0 unspecified atom stereocenters. The molecule has 0 saturated heterocycles. The highest BCUT2D eigenvalue weighted by atomic mass is 35.5. The maximum atomic E-state index is 12.3. The van der Waals surface area contributed by atoms with Gasteiger partial charge in [0.1, 0.15) is 5.69 Å². The molecule has 1 aromatic carbocycles. The zero-order valence-corrected chi connectivity index (χ0v) is 15.0. The molecule has 1 amide bonds. The third-order valence-corrected chi connectivity index (χ3v) is 5.73. The first-order valence-electron chi connectivity index (χ1n) is 8.08. The van der Waals surface area contributed by atoms with Gasteiger partial charge in [-0.15, -0.1) is 0 Å². The van der Waals surface area contributed by atoms with Crippen molar-refractivity contribution in [3.05, 3.63) is 58.9 Å². The summed E-state index contributed by atoms with van der Waals surface area (Å²) in [6.07, 6.45) is 3.59. The second kappa shape index (κ2) is 6.35. The number of carbonyl (C=O) groups is 1. The molecule has 4 rings (SSSR count). The molecule has 3 N–H and O–H groups in total. The lowest BCUT2D eigenvalue weighted by Crippen LogP contribution is -2.15. The maximum absolute atomic E-state index is 12.3. The second-order valence-corrected chi connectivity index (χ2v) is 7.86. The largest absolute Gasteiger partial charge is 0.379 e. The van der Waals surface area contributed by atoms with Crippen LogP contribution in [0.2, 0.25) is 5.02 Å². The first-order valence-corrected chi connectivity index (χ1v) is 9.45. The van der Waals surface area contributed by atoms with Crippen LogP contribution >= 0.6 is 23.4 Å². The van der Waals surface area contributed by atoms with Crippen molar-refractivity contribution in [2.45, 2.75) is 18.4 Å². The Hall–Kier alpha value is -2.05. The van der Waals surface area contributed by atoms with Crippen LogP contribution in [0.1, 0.15) is 28.9 Å². The fourth-order valence-electron chi connectivity index (χ4n) is 3.32. The van der Waals surface area contributed by atoms with E-state index in [-0.39, 0.29) is 11.4 Å². The number of nitrogens with two attached hydrogens (primary N) is 1. The molecule has 25 heavy (non-hydrogen) atoms. The number of pyridine rings is 1. The molecule has 0 radical (unpaired) electrons. The molecule has 1 aliphatic heterocycles. The minimum atomic E-state index is -0.266. The molecule has 2 aliphatic rings. The van der Waals surface area contributed by atoms with Gasteiger partial charge in [-0.25, -0.2) is 4.98 Å². The SMILES string of the molecule is NC1=N[C@@]2(c3cccc(NC(=O)c4ccc(Cl)cn4)c3)C[C@H]2CCS1. The lowest BCUT2D eigenvalue weighted by Gasteiger charge is -2.14. The van der Waals surface area contributed by atoms with E-state index in [1.165, 1.54) is 6.20 Å². The maximum Gasteiger partial charge on any atom is 0.274 e. The Morgan fingerprint density at radius 3 is 3.04 bits per heavy atom. The molecule has 5 nitrogen and oxygen atoms in total. The average molecular weight is 373 g/mol. The summed E-state index contributed by atoms with van der Waals surface area (Å²) in [6, 6.07) is 11.1.